The molecule has 4 aromatic rings. The summed E-state index contributed by atoms with van der Waals surface area (Å²) in [4.78, 5) is 23.9. The maximum Gasteiger partial charge on any atom is 0.274 e. The van der Waals surface area contributed by atoms with Crippen LogP contribution in [0, 0.1) is 5.82 Å². The van der Waals surface area contributed by atoms with Crippen LogP contribution in [0.25, 0.3) is 22.3 Å². The van der Waals surface area contributed by atoms with Crippen molar-refractivity contribution in [3.8, 4) is 17.1 Å². The SMILES string of the molecule is COc1cccc(F)c1-c1nccc(C(=O)Nc2cc3cnn(C)c3cc2N2CC[C@@H](N)C2)n1. The molecule has 0 bridgehead atoms. The minimum absolute atomic E-state index is 0.0658. The summed E-state index contributed by atoms with van der Waals surface area (Å²) in [5.74, 6) is -0.623. The molecule has 10 heteroatoms. The number of halogens is 1. The minimum atomic E-state index is -0.536. The van der Waals surface area contributed by atoms with Gasteiger partial charge in [0, 0.05) is 37.8 Å². The lowest BCUT2D eigenvalue weighted by Crippen LogP contribution is -2.27. The number of methoxy groups -OCH3 is 1. The van der Waals surface area contributed by atoms with Crippen molar-refractivity contribution < 1.29 is 13.9 Å². The zero-order valence-electron chi connectivity index (χ0n) is 18.8. The molecule has 1 saturated heterocycles. The topological polar surface area (TPSA) is 111 Å². The van der Waals surface area contributed by atoms with Gasteiger partial charge in [-0.05, 0) is 36.8 Å². The Bertz CT molecular complexity index is 1390. The molecule has 1 fully saturated rings. The van der Waals surface area contributed by atoms with Crippen LogP contribution in [-0.4, -0.2) is 51.9 Å². The average Bonchev–Trinajstić information content (AvgIpc) is 3.43. The highest BCUT2D eigenvalue weighted by Crippen LogP contribution is 2.34. The predicted molar refractivity (Wildman–Crippen MR) is 127 cm³/mol. The first-order chi connectivity index (χ1) is 16.4. The Kier molecular flexibility index (Phi) is 5.58. The zero-order valence-corrected chi connectivity index (χ0v) is 18.8. The third-order valence-electron chi connectivity index (χ3n) is 5.98. The summed E-state index contributed by atoms with van der Waals surface area (Å²) >= 11 is 0. The van der Waals surface area contributed by atoms with Gasteiger partial charge in [0.2, 0.25) is 0 Å². The van der Waals surface area contributed by atoms with Gasteiger partial charge in [0.05, 0.1) is 35.8 Å². The molecule has 3 N–H and O–H groups in total. The van der Waals surface area contributed by atoms with Gasteiger partial charge in [-0.1, -0.05) is 6.07 Å². The number of hydrogen-bond acceptors (Lipinski definition) is 7. The lowest BCUT2D eigenvalue weighted by atomic mass is 10.1. The van der Waals surface area contributed by atoms with Crippen LogP contribution in [0.3, 0.4) is 0 Å². The molecule has 1 atom stereocenters. The van der Waals surface area contributed by atoms with E-state index in [4.69, 9.17) is 10.5 Å². The number of carbonyl (C=O) groups excluding carboxylic acids is 1. The number of benzene rings is 2. The fourth-order valence-corrected chi connectivity index (χ4v) is 4.24. The minimum Gasteiger partial charge on any atom is -0.496 e. The number of nitrogens with two attached hydrogens (primary N) is 1. The van der Waals surface area contributed by atoms with Crippen LogP contribution in [0.5, 0.6) is 5.75 Å². The second-order valence-corrected chi connectivity index (χ2v) is 8.23. The van der Waals surface area contributed by atoms with Crippen LogP contribution in [-0.2, 0) is 7.05 Å². The van der Waals surface area contributed by atoms with E-state index in [1.54, 1.807) is 16.9 Å². The summed E-state index contributed by atoms with van der Waals surface area (Å²) in [5.41, 5.74) is 8.77. The standard InChI is InChI=1S/C24H24FN7O2/c1-31-19-11-20(32-9-7-15(26)13-32)18(10-14(19)12-28-31)30-24(33)17-6-8-27-23(29-17)22-16(25)4-3-5-21(22)34-2/h3-6,8,10-12,15H,7,9,13,26H2,1-2H3,(H,30,33)/t15-/m1/s1. The van der Waals surface area contributed by atoms with Crippen LogP contribution in [0.1, 0.15) is 16.9 Å². The van der Waals surface area contributed by atoms with Crippen molar-refractivity contribution in [2.75, 3.05) is 30.4 Å². The first kappa shape index (κ1) is 21.8. The van der Waals surface area contributed by atoms with E-state index in [1.165, 1.54) is 31.5 Å². The van der Waals surface area contributed by atoms with Crippen LogP contribution in [0.4, 0.5) is 15.8 Å². The summed E-state index contributed by atoms with van der Waals surface area (Å²) in [6, 6.07) is 9.90. The number of aryl methyl sites for hydroxylation is 1. The van der Waals surface area contributed by atoms with Crippen molar-refractivity contribution in [3.63, 3.8) is 0 Å². The molecule has 9 nitrogen and oxygen atoms in total. The van der Waals surface area contributed by atoms with E-state index in [0.29, 0.717) is 12.2 Å². The quantitative estimate of drug-likeness (QED) is 0.470. The fourth-order valence-electron chi connectivity index (χ4n) is 4.24. The normalized spacial score (nSPS) is 15.6. The van der Waals surface area contributed by atoms with Crippen molar-refractivity contribution in [2.45, 2.75) is 12.5 Å². The molecule has 3 heterocycles. The molecule has 34 heavy (non-hydrogen) atoms. The van der Waals surface area contributed by atoms with E-state index in [0.717, 1.165) is 29.6 Å². The van der Waals surface area contributed by atoms with E-state index in [-0.39, 0.29) is 28.9 Å². The van der Waals surface area contributed by atoms with Crippen molar-refractivity contribution in [1.82, 2.24) is 19.7 Å². The van der Waals surface area contributed by atoms with E-state index >= 15 is 0 Å². The molecule has 2 aromatic carbocycles. The van der Waals surface area contributed by atoms with E-state index in [9.17, 15) is 9.18 Å². The van der Waals surface area contributed by atoms with Gasteiger partial charge in [0.25, 0.3) is 5.91 Å². The van der Waals surface area contributed by atoms with E-state index < -0.39 is 11.7 Å². The Morgan fingerprint density at radius 2 is 2.15 bits per heavy atom. The maximum absolute atomic E-state index is 14.5. The van der Waals surface area contributed by atoms with Crippen molar-refractivity contribution in [3.05, 3.63) is 60.3 Å². The zero-order chi connectivity index (χ0) is 23.8. The molecule has 1 amide bonds. The molecule has 1 aliphatic heterocycles. The van der Waals surface area contributed by atoms with Gasteiger partial charge < -0.3 is 20.7 Å². The van der Waals surface area contributed by atoms with Crippen molar-refractivity contribution >= 4 is 28.2 Å². The average molecular weight is 462 g/mol. The van der Waals surface area contributed by atoms with Gasteiger partial charge in [0.15, 0.2) is 5.82 Å². The van der Waals surface area contributed by atoms with Gasteiger partial charge in [-0.15, -0.1) is 0 Å². The van der Waals surface area contributed by atoms with Gasteiger partial charge in [-0.2, -0.15) is 5.10 Å². The van der Waals surface area contributed by atoms with Gasteiger partial charge in [-0.25, -0.2) is 14.4 Å². The first-order valence-electron chi connectivity index (χ1n) is 10.9. The predicted octanol–water partition coefficient (Wildman–Crippen LogP) is 2.97. The van der Waals surface area contributed by atoms with Crippen LogP contribution in [0.2, 0.25) is 0 Å². The Balaban J connectivity index is 1.51. The van der Waals surface area contributed by atoms with Gasteiger partial charge >= 0.3 is 0 Å². The molecule has 174 valence electrons. The first-order valence-corrected chi connectivity index (χ1v) is 10.9. The molecule has 0 radical (unpaired) electrons. The summed E-state index contributed by atoms with van der Waals surface area (Å²) in [5, 5.41) is 8.18. The third kappa shape index (κ3) is 3.92. The van der Waals surface area contributed by atoms with Crippen LogP contribution >= 0.6 is 0 Å². The second kappa shape index (κ2) is 8.71. The molecular formula is C24H24FN7O2. The Hall–Kier alpha value is -4.05. The number of aromatic nitrogens is 4. The highest BCUT2D eigenvalue weighted by molar-refractivity contribution is 6.06. The number of anilines is 2. The van der Waals surface area contributed by atoms with Crippen LogP contribution in [0.15, 0.2) is 48.8 Å². The number of fused-ring (bicyclic) bond motifs is 1. The molecule has 0 aliphatic carbocycles. The van der Waals surface area contributed by atoms with E-state index in [1.807, 2.05) is 19.2 Å². The molecule has 1 aliphatic rings. The lowest BCUT2D eigenvalue weighted by Gasteiger charge is -2.22. The number of nitrogens with zero attached hydrogens (tertiary/aromatic N) is 5. The Morgan fingerprint density at radius 1 is 1.29 bits per heavy atom. The molecule has 0 unspecified atom stereocenters. The number of nitrogens with one attached hydrogen (secondary N) is 1. The number of ether oxygens (including phenoxy) is 1. The Labute approximate surface area is 195 Å². The number of carbonyl (C=O) groups is 1. The second-order valence-electron chi connectivity index (χ2n) is 8.23. The number of amides is 1. The monoisotopic (exact) mass is 461 g/mol. The summed E-state index contributed by atoms with van der Waals surface area (Å²) < 4.78 is 21.6. The van der Waals surface area contributed by atoms with Crippen molar-refractivity contribution in [2.24, 2.45) is 12.8 Å². The molecule has 0 spiro atoms. The maximum atomic E-state index is 14.5. The molecule has 5 rings (SSSR count). The lowest BCUT2D eigenvalue weighted by molar-refractivity contribution is 0.102. The fraction of sp³-hybridized carbons (Fsp3) is 0.250. The number of hydrogen-bond donors (Lipinski definition) is 2. The number of rotatable bonds is 5. The smallest absolute Gasteiger partial charge is 0.274 e. The largest absolute Gasteiger partial charge is 0.496 e. The highest BCUT2D eigenvalue weighted by Gasteiger charge is 2.24. The third-order valence-corrected chi connectivity index (χ3v) is 5.98. The highest BCUT2D eigenvalue weighted by atomic mass is 19.1. The van der Waals surface area contributed by atoms with Gasteiger partial charge in [-0.3, -0.25) is 9.48 Å². The summed E-state index contributed by atoms with van der Waals surface area (Å²) in [6.45, 7) is 1.48. The summed E-state index contributed by atoms with van der Waals surface area (Å²) in [6.07, 6.45) is 4.04. The molecular weight excluding hydrogens is 437 g/mol. The molecule has 2 aromatic heterocycles. The van der Waals surface area contributed by atoms with Crippen LogP contribution < -0.4 is 20.7 Å². The molecule has 0 saturated carbocycles. The van der Waals surface area contributed by atoms with Crippen molar-refractivity contribution in [1.29, 1.82) is 0 Å². The summed E-state index contributed by atoms with van der Waals surface area (Å²) in [7, 11) is 3.31. The van der Waals surface area contributed by atoms with Gasteiger partial charge in [0.1, 0.15) is 17.3 Å². The van der Waals surface area contributed by atoms with E-state index in [2.05, 4.69) is 25.3 Å². The Morgan fingerprint density at radius 3 is 2.91 bits per heavy atom.